The van der Waals surface area contributed by atoms with Gasteiger partial charge in [0, 0.05) is 18.9 Å². The summed E-state index contributed by atoms with van der Waals surface area (Å²) in [5.41, 5.74) is 0.749. The number of carbonyl (C=O) groups excluding carboxylic acids is 1. The summed E-state index contributed by atoms with van der Waals surface area (Å²) in [6, 6.07) is 4.23. The fourth-order valence-electron chi connectivity index (χ4n) is 1.62. The van der Waals surface area contributed by atoms with Crippen molar-refractivity contribution in [1.29, 1.82) is 0 Å². The van der Waals surface area contributed by atoms with Crippen LogP contribution in [-0.4, -0.2) is 17.6 Å². The average molecular weight is 195 g/mol. The van der Waals surface area contributed by atoms with Crippen LogP contribution in [0.2, 0.25) is 0 Å². The molecule has 1 amide bonds. The summed E-state index contributed by atoms with van der Waals surface area (Å²) < 4.78 is 13.0. The Balaban J connectivity index is 2.24. The molecular weight excluding hydrogens is 185 g/mol. The van der Waals surface area contributed by atoms with Crippen LogP contribution >= 0.6 is 0 Å². The van der Waals surface area contributed by atoms with E-state index in [-0.39, 0.29) is 17.6 Å². The van der Waals surface area contributed by atoms with E-state index in [1.54, 1.807) is 6.07 Å². The number of amides is 1. The van der Waals surface area contributed by atoms with E-state index in [1.165, 1.54) is 12.1 Å². The molecule has 0 bridgehead atoms. The van der Waals surface area contributed by atoms with Crippen LogP contribution in [0, 0.1) is 5.82 Å². The molecule has 74 valence electrons. The molecular formula is C10H10FNO2. The van der Waals surface area contributed by atoms with Crippen molar-refractivity contribution in [2.45, 2.75) is 12.3 Å². The fourth-order valence-corrected chi connectivity index (χ4v) is 1.62. The van der Waals surface area contributed by atoms with E-state index in [0.29, 0.717) is 13.0 Å². The zero-order valence-corrected chi connectivity index (χ0v) is 7.46. The van der Waals surface area contributed by atoms with Crippen molar-refractivity contribution in [1.82, 2.24) is 5.32 Å². The highest BCUT2D eigenvalue weighted by Crippen LogP contribution is 2.26. The summed E-state index contributed by atoms with van der Waals surface area (Å²) in [6.07, 6.45) is 0.393. The van der Waals surface area contributed by atoms with Gasteiger partial charge in [0.2, 0.25) is 5.91 Å². The number of aromatic hydroxyl groups is 1. The van der Waals surface area contributed by atoms with Crippen LogP contribution in [0.15, 0.2) is 18.2 Å². The van der Waals surface area contributed by atoms with Crippen LogP contribution in [0.3, 0.4) is 0 Å². The molecule has 1 aromatic carbocycles. The number of benzene rings is 1. The molecule has 1 saturated heterocycles. The smallest absolute Gasteiger partial charge is 0.220 e. The third-order valence-corrected chi connectivity index (χ3v) is 2.42. The summed E-state index contributed by atoms with van der Waals surface area (Å²) in [4.78, 5) is 10.9. The minimum Gasteiger partial charge on any atom is -0.505 e. The minimum atomic E-state index is -0.637. The quantitative estimate of drug-likeness (QED) is 0.705. The Morgan fingerprint density at radius 3 is 2.86 bits per heavy atom. The number of nitrogens with one attached hydrogen (secondary N) is 1. The first kappa shape index (κ1) is 8.99. The first-order chi connectivity index (χ1) is 6.66. The molecule has 0 aromatic heterocycles. The Bertz CT molecular complexity index is 378. The molecule has 1 aliphatic heterocycles. The Labute approximate surface area is 80.6 Å². The Morgan fingerprint density at radius 2 is 2.29 bits per heavy atom. The zero-order valence-electron chi connectivity index (χ0n) is 7.46. The van der Waals surface area contributed by atoms with Gasteiger partial charge in [-0.2, -0.15) is 0 Å². The molecule has 1 fully saturated rings. The van der Waals surface area contributed by atoms with Gasteiger partial charge in [-0.1, -0.05) is 6.07 Å². The molecule has 3 nitrogen and oxygen atoms in total. The summed E-state index contributed by atoms with van der Waals surface area (Å²) >= 11 is 0. The van der Waals surface area contributed by atoms with E-state index in [0.717, 1.165) is 5.56 Å². The van der Waals surface area contributed by atoms with E-state index in [1.807, 2.05) is 0 Å². The molecule has 1 aromatic rings. The van der Waals surface area contributed by atoms with Gasteiger partial charge in [-0.25, -0.2) is 4.39 Å². The first-order valence-electron chi connectivity index (χ1n) is 4.42. The summed E-state index contributed by atoms with van der Waals surface area (Å²) in [6.45, 7) is 0.545. The molecule has 0 radical (unpaired) electrons. The molecule has 1 heterocycles. The van der Waals surface area contributed by atoms with Gasteiger partial charge in [-0.05, 0) is 17.7 Å². The number of rotatable bonds is 1. The predicted octanol–water partition coefficient (Wildman–Crippen LogP) is 1.13. The summed E-state index contributed by atoms with van der Waals surface area (Å²) in [7, 11) is 0. The highest BCUT2D eigenvalue weighted by atomic mass is 19.1. The highest BCUT2D eigenvalue weighted by Gasteiger charge is 2.23. The van der Waals surface area contributed by atoms with Crippen molar-refractivity contribution < 1.29 is 14.3 Å². The van der Waals surface area contributed by atoms with Crippen LogP contribution < -0.4 is 5.32 Å². The van der Waals surface area contributed by atoms with Crippen LogP contribution in [-0.2, 0) is 4.79 Å². The Morgan fingerprint density at radius 1 is 1.50 bits per heavy atom. The Hall–Kier alpha value is -1.58. The second kappa shape index (κ2) is 3.29. The lowest BCUT2D eigenvalue weighted by Crippen LogP contribution is -2.13. The molecule has 1 unspecified atom stereocenters. The standard InChI is InChI=1S/C10H10FNO2/c11-8-3-6(1-2-9(8)13)7-4-10(14)12-5-7/h1-3,7,13H,4-5H2,(H,12,14). The fraction of sp³-hybridized carbons (Fsp3) is 0.300. The SMILES string of the molecule is O=C1CC(c2ccc(O)c(F)c2)CN1. The van der Waals surface area contributed by atoms with Crippen LogP contribution in [0.1, 0.15) is 17.9 Å². The molecule has 0 aliphatic carbocycles. The van der Waals surface area contributed by atoms with E-state index in [9.17, 15) is 9.18 Å². The summed E-state index contributed by atoms with van der Waals surface area (Å²) in [5.74, 6) is -0.978. The minimum absolute atomic E-state index is 0.0107. The number of hydrogen-bond donors (Lipinski definition) is 2. The van der Waals surface area contributed by atoms with Crippen molar-refractivity contribution in [2.75, 3.05) is 6.54 Å². The average Bonchev–Trinajstić information content (AvgIpc) is 2.57. The number of phenols is 1. The van der Waals surface area contributed by atoms with Crippen molar-refractivity contribution in [3.8, 4) is 5.75 Å². The lowest BCUT2D eigenvalue weighted by molar-refractivity contribution is -0.119. The van der Waals surface area contributed by atoms with Crippen LogP contribution in [0.25, 0.3) is 0 Å². The lowest BCUT2D eigenvalue weighted by Gasteiger charge is -2.07. The van der Waals surface area contributed by atoms with Crippen molar-refractivity contribution in [2.24, 2.45) is 0 Å². The van der Waals surface area contributed by atoms with Gasteiger partial charge >= 0.3 is 0 Å². The molecule has 4 heteroatoms. The monoisotopic (exact) mass is 195 g/mol. The van der Waals surface area contributed by atoms with E-state index < -0.39 is 5.82 Å². The lowest BCUT2D eigenvalue weighted by atomic mass is 9.98. The maximum atomic E-state index is 13.0. The Kier molecular flexibility index (Phi) is 2.11. The molecule has 0 saturated carbocycles. The largest absolute Gasteiger partial charge is 0.505 e. The molecule has 2 rings (SSSR count). The molecule has 2 N–H and O–H groups in total. The number of carbonyl (C=O) groups is 1. The van der Waals surface area contributed by atoms with Gasteiger partial charge in [-0.15, -0.1) is 0 Å². The van der Waals surface area contributed by atoms with Crippen molar-refractivity contribution in [3.05, 3.63) is 29.6 Å². The topological polar surface area (TPSA) is 49.3 Å². The van der Waals surface area contributed by atoms with Gasteiger partial charge in [-0.3, -0.25) is 4.79 Å². The second-order valence-electron chi connectivity index (χ2n) is 3.42. The van der Waals surface area contributed by atoms with E-state index in [4.69, 9.17) is 5.11 Å². The molecule has 1 atom stereocenters. The van der Waals surface area contributed by atoms with E-state index >= 15 is 0 Å². The summed E-state index contributed by atoms with van der Waals surface area (Å²) in [5, 5.41) is 11.7. The zero-order chi connectivity index (χ0) is 10.1. The molecule has 1 aliphatic rings. The van der Waals surface area contributed by atoms with Crippen LogP contribution in [0.5, 0.6) is 5.75 Å². The second-order valence-corrected chi connectivity index (χ2v) is 3.42. The van der Waals surface area contributed by atoms with E-state index in [2.05, 4.69) is 5.32 Å². The third kappa shape index (κ3) is 1.55. The molecule has 0 spiro atoms. The van der Waals surface area contributed by atoms with Gasteiger partial charge in [0.1, 0.15) is 0 Å². The predicted molar refractivity (Wildman–Crippen MR) is 48.4 cm³/mol. The van der Waals surface area contributed by atoms with Crippen LogP contribution in [0.4, 0.5) is 4.39 Å². The highest BCUT2D eigenvalue weighted by molar-refractivity contribution is 5.79. The normalized spacial score (nSPS) is 20.9. The number of phenolic OH excluding ortho intramolecular Hbond substituents is 1. The number of hydrogen-bond acceptors (Lipinski definition) is 2. The van der Waals surface area contributed by atoms with Crippen molar-refractivity contribution >= 4 is 5.91 Å². The third-order valence-electron chi connectivity index (χ3n) is 2.42. The number of halogens is 1. The molecule has 14 heavy (non-hydrogen) atoms. The maximum absolute atomic E-state index is 13.0. The van der Waals surface area contributed by atoms with Crippen molar-refractivity contribution in [3.63, 3.8) is 0 Å². The van der Waals surface area contributed by atoms with Gasteiger partial charge in [0.15, 0.2) is 11.6 Å². The van der Waals surface area contributed by atoms with Gasteiger partial charge < -0.3 is 10.4 Å². The van der Waals surface area contributed by atoms with Gasteiger partial charge in [0.25, 0.3) is 0 Å². The first-order valence-corrected chi connectivity index (χ1v) is 4.42. The van der Waals surface area contributed by atoms with Gasteiger partial charge in [0.05, 0.1) is 0 Å². The maximum Gasteiger partial charge on any atom is 0.220 e.